The van der Waals surface area contributed by atoms with Crippen molar-refractivity contribution in [2.45, 2.75) is 31.6 Å². The van der Waals surface area contributed by atoms with E-state index in [2.05, 4.69) is 17.5 Å². The lowest BCUT2D eigenvalue weighted by Gasteiger charge is -2.36. The molecule has 1 heterocycles. The van der Waals surface area contributed by atoms with E-state index in [0.29, 0.717) is 24.3 Å². The number of halogens is 1. The van der Waals surface area contributed by atoms with E-state index >= 15 is 0 Å². The summed E-state index contributed by atoms with van der Waals surface area (Å²) < 4.78 is 0. The van der Waals surface area contributed by atoms with E-state index in [4.69, 9.17) is 17.3 Å². The van der Waals surface area contributed by atoms with Gasteiger partial charge in [-0.25, -0.2) is 0 Å². The molecule has 2 aromatic carbocycles. The molecule has 1 fully saturated rings. The maximum Gasteiger partial charge on any atom is 0.321 e. The Hall–Kier alpha value is -2.63. The number of aliphatic hydroxyl groups excluding tert-OH is 1. The molecule has 39 heavy (non-hydrogen) atoms. The van der Waals surface area contributed by atoms with Gasteiger partial charge in [0.25, 0.3) is 5.91 Å². The minimum atomic E-state index is -1.31. The van der Waals surface area contributed by atoms with Crippen LogP contribution in [-0.2, 0) is 16.0 Å². The van der Waals surface area contributed by atoms with E-state index in [1.165, 1.54) is 10.5 Å². The molecule has 11 heteroatoms. The van der Waals surface area contributed by atoms with Gasteiger partial charge in [0.2, 0.25) is 5.91 Å². The van der Waals surface area contributed by atoms with Gasteiger partial charge in [0.1, 0.15) is 6.04 Å². The number of hydrogen-bond acceptors (Lipinski definition) is 7. The summed E-state index contributed by atoms with van der Waals surface area (Å²) in [7, 11) is 0. The lowest BCUT2D eigenvalue weighted by molar-refractivity contribution is -0.141. The third kappa shape index (κ3) is 7.73. The number of hydrogen-bond donors (Lipinski definition) is 4. The zero-order valence-corrected chi connectivity index (χ0v) is 23.9. The maximum absolute atomic E-state index is 13.3. The first-order valence-corrected chi connectivity index (χ1v) is 13.8. The van der Waals surface area contributed by atoms with Gasteiger partial charge in [-0.05, 0) is 48.4 Å². The van der Waals surface area contributed by atoms with Crippen LogP contribution in [0.5, 0.6) is 0 Å². The molecule has 0 spiro atoms. The van der Waals surface area contributed by atoms with Gasteiger partial charge in [0, 0.05) is 61.0 Å². The lowest BCUT2D eigenvalue weighted by atomic mass is 9.80. The molecule has 4 N–H and O–H groups in total. The predicted molar refractivity (Wildman–Crippen MR) is 156 cm³/mol. The molecule has 2 amide bonds. The first-order valence-electron chi connectivity index (χ1n) is 12.9. The van der Waals surface area contributed by atoms with Crippen molar-refractivity contribution < 1.29 is 24.6 Å². The first-order chi connectivity index (χ1) is 18.4. The Morgan fingerprint density at radius 1 is 1.05 bits per heavy atom. The molecule has 1 saturated heterocycles. The number of anilines is 1. The second kappa shape index (κ2) is 13.6. The fourth-order valence-electron chi connectivity index (χ4n) is 4.50. The smallest absolute Gasteiger partial charge is 0.321 e. The van der Waals surface area contributed by atoms with Crippen LogP contribution in [-0.4, -0.2) is 95.0 Å². The van der Waals surface area contributed by atoms with Crippen molar-refractivity contribution in [3.63, 3.8) is 0 Å². The van der Waals surface area contributed by atoms with Crippen LogP contribution in [0.4, 0.5) is 5.69 Å². The van der Waals surface area contributed by atoms with E-state index < -0.39 is 28.6 Å². The Bertz CT molecular complexity index is 1140. The molecular weight excluding hydrogens is 540 g/mol. The van der Waals surface area contributed by atoms with Crippen molar-refractivity contribution in [1.82, 2.24) is 9.80 Å². The number of nitrogens with two attached hydrogens (primary N) is 1. The molecule has 0 aromatic heterocycles. The summed E-state index contributed by atoms with van der Waals surface area (Å²) in [4.78, 5) is 43.3. The monoisotopic (exact) mass is 576 g/mol. The van der Waals surface area contributed by atoms with E-state index in [-0.39, 0.29) is 19.1 Å². The summed E-state index contributed by atoms with van der Waals surface area (Å²) in [6, 6.07) is 13.1. The zero-order chi connectivity index (χ0) is 28.7. The fraction of sp³-hybridized carbons (Fsp3) is 0.464. The summed E-state index contributed by atoms with van der Waals surface area (Å²) in [5.41, 5.74) is 6.84. The summed E-state index contributed by atoms with van der Waals surface area (Å²) >= 11 is 10.4. The summed E-state index contributed by atoms with van der Waals surface area (Å²) in [5.74, 6) is -1.80. The van der Waals surface area contributed by atoms with E-state index in [0.717, 1.165) is 31.1 Å². The number of aliphatic carboxylic acids is 1. The minimum Gasteiger partial charge on any atom is -0.480 e. The second-order valence-corrected chi connectivity index (χ2v) is 11.3. The average Bonchev–Trinajstić information content (AvgIpc) is 2.94. The highest BCUT2D eigenvalue weighted by atomic mass is 35.5. The summed E-state index contributed by atoms with van der Waals surface area (Å²) in [6.45, 7) is 6.54. The van der Waals surface area contributed by atoms with Crippen LogP contribution in [0, 0.1) is 5.41 Å². The number of benzene rings is 2. The summed E-state index contributed by atoms with van der Waals surface area (Å²) in [6.07, 6.45) is 0.919. The maximum atomic E-state index is 13.3. The molecule has 1 aliphatic heterocycles. The second-order valence-electron chi connectivity index (χ2n) is 10.3. The number of thiol groups is 1. The number of carbonyl (C=O) groups excluding carboxylic acids is 2. The van der Waals surface area contributed by atoms with Crippen LogP contribution in [0.1, 0.15) is 29.8 Å². The predicted octanol–water partition coefficient (Wildman–Crippen LogP) is 2.40. The highest BCUT2D eigenvalue weighted by molar-refractivity contribution is 7.81. The molecule has 212 valence electrons. The minimum absolute atomic E-state index is 0.0143. The zero-order valence-electron chi connectivity index (χ0n) is 22.3. The highest BCUT2D eigenvalue weighted by Gasteiger charge is 2.43. The molecule has 1 aliphatic rings. The number of amides is 2. The number of nitrogens with zero attached hydrogens (tertiary/aromatic N) is 3. The quantitative estimate of drug-likeness (QED) is 0.303. The van der Waals surface area contributed by atoms with Crippen molar-refractivity contribution in [2.24, 2.45) is 11.1 Å². The van der Waals surface area contributed by atoms with Gasteiger partial charge in [-0.2, -0.15) is 12.6 Å². The van der Waals surface area contributed by atoms with Crippen LogP contribution < -0.4 is 10.6 Å². The lowest BCUT2D eigenvalue weighted by Crippen LogP contribution is -2.54. The van der Waals surface area contributed by atoms with E-state index in [1.807, 2.05) is 29.2 Å². The van der Waals surface area contributed by atoms with Crippen LogP contribution in [0.25, 0.3) is 0 Å². The third-order valence-electron chi connectivity index (χ3n) is 7.31. The van der Waals surface area contributed by atoms with E-state index in [9.17, 15) is 24.6 Å². The largest absolute Gasteiger partial charge is 0.480 e. The van der Waals surface area contributed by atoms with Crippen molar-refractivity contribution in [1.29, 1.82) is 0 Å². The van der Waals surface area contributed by atoms with Gasteiger partial charge in [-0.15, -0.1) is 0 Å². The Labute approximate surface area is 239 Å². The fourth-order valence-corrected chi connectivity index (χ4v) is 4.93. The number of carboxylic acids is 1. The first kappa shape index (κ1) is 30.9. The Morgan fingerprint density at radius 3 is 2.18 bits per heavy atom. The number of carboxylic acid groups (broad SMARTS) is 1. The molecule has 2 aromatic rings. The van der Waals surface area contributed by atoms with Crippen LogP contribution in [0.3, 0.4) is 0 Å². The van der Waals surface area contributed by atoms with Crippen molar-refractivity contribution in [2.75, 3.05) is 50.8 Å². The molecular formula is C28H37ClN4O5S. The Kier molecular flexibility index (Phi) is 10.8. The number of aliphatic hydroxyl groups is 1. The van der Waals surface area contributed by atoms with Crippen LogP contribution in [0.2, 0.25) is 5.02 Å². The molecule has 0 bridgehead atoms. The third-order valence-corrected chi connectivity index (χ3v) is 8.45. The molecule has 0 radical (unpaired) electrons. The van der Waals surface area contributed by atoms with Crippen molar-refractivity contribution >= 4 is 47.7 Å². The molecule has 3 rings (SSSR count). The van der Waals surface area contributed by atoms with Crippen LogP contribution >= 0.6 is 24.2 Å². The number of carbonyl (C=O) groups is 3. The van der Waals surface area contributed by atoms with Crippen molar-refractivity contribution in [3.8, 4) is 0 Å². The van der Waals surface area contributed by atoms with Gasteiger partial charge < -0.3 is 25.7 Å². The molecule has 2 unspecified atom stereocenters. The Balaban J connectivity index is 1.60. The van der Waals surface area contributed by atoms with Gasteiger partial charge in [-0.3, -0.25) is 19.3 Å². The SMILES string of the molecule is CC(C)(C(N)C(=O)O)C(S)C(=O)N(CCO)c1ccc(C(=O)N2CCN(CCc3ccc(Cl)cc3)CC2)cc1. The summed E-state index contributed by atoms with van der Waals surface area (Å²) in [5, 5.41) is 18.6. The van der Waals surface area contributed by atoms with Crippen molar-refractivity contribution in [3.05, 3.63) is 64.7 Å². The Morgan fingerprint density at radius 2 is 1.64 bits per heavy atom. The van der Waals surface area contributed by atoms with Gasteiger partial charge in [0.15, 0.2) is 0 Å². The van der Waals surface area contributed by atoms with Gasteiger partial charge in [0.05, 0.1) is 11.9 Å². The van der Waals surface area contributed by atoms with Gasteiger partial charge in [-0.1, -0.05) is 37.6 Å². The number of rotatable bonds is 11. The molecule has 0 aliphatic carbocycles. The standard InChI is InChI=1S/C28H37ClN4O5S/c1-28(2,23(30)27(37)38)24(39)26(36)33(17-18-34)22-9-5-20(6-10-22)25(35)32-15-13-31(14-16-32)12-11-19-3-7-21(29)8-4-19/h3-10,23-24,34,39H,11-18,30H2,1-2H3,(H,37,38). The number of piperazine rings is 1. The highest BCUT2D eigenvalue weighted by Crippen LogP contribution is 2.31. The normalized spacial score (nSPS) is 16.0. The van der Waals surface area contributed by atoms with E-state index in [1.54, 1.807) is 38.1 Å². The molecule has 0 saturated carbocycles. The average molecular weight is 577 g/mol. The molecule has 2 atom stereocenters. The van der Waals surface area contributed by atoms with Crippen LogP contribution in [0.15, 0.2) is 48.5 Å². The topological polar surface area (TPSA) is 127 Å². The molecule has 9 nitrogen and oxygen atoms in total. The van der Waals surface area contributed by atoms with Gasteiger partial charge >= 0.3 is 5.97 Å².